The van der Waals surface area contributed by atoms with Crippen molar-refractivity contribution in [3.63, 3.8) is 0 Å². The lowest BCUT2D eigenvalue weighted by atomic mass is 9.84. The first kappa shape index (κ1) is 11.7. The molecule has 0 aliphatic heterocycles. The summed E-state index contributed by atoms with van der Waals surface area (Å²) in [6.07, 6.45) is 2.14. The van der Waals surface area contributed by atoms with Gasteiger partial charge in [0.1, 0.15) is 0 Å². The number of aliphatic hydroxyl groups excluding tert-OH is 1. The molecule has 0 heterocycles. The maximum atomic E-state index is 9.73. The molecular formula is C10H20O2. The Labute approximate surface area is 75.2 Å². The molecule has 0 aromatic heterocycles. The topological polar surface area (TPSA) is 29.5 Å². The highest BCUT2D eigenvalue weighted by atomic mass is 16.5. The zero-order chi connectivity index (χ0) is 9.78. The van der Waals surface area contributed by atoms with Gasteiger partial charge in [0.25, 0.3) is 0 Å². The lowest BCUT2D eigenvalue weighted by molar-refractivity contribution is 0.0145. The molecular weight excluding hydrogens is 152 g/mol. The Morgan fingerprint density at radius 1 is 1.58 bits per heavy atom. The largest absolute Gasteiger partial charge is 0.392 e. The maximum absolute atomic E-state index is 9.73. The second kappa shape index (κ2) is 4.63. The molecule has 2 heteroatoms. The van der Waals surface area contributed by atoms with Gasteiger partial charge in [0.2, 0.25) is 0 Å². The van der Waals surface area contributed by atoms with Crippen LogP contribution in [0.4, 0.5) is 0 Å². The number of methoxy groups -OCH3 is 1. The fourth-order valence-electron chi connectivity index (χ4n) is 0.850. The average Bonchev–Trinajstić information content (AvgIpc) is 2.04. The zero-order valence-corrected chi connectivity index (χ0v) is 8.50. The predicted molar refractivity (Wildman–Crippen MR) is 51.1 cm³/mol. The van der Waals surface area contributed by atoms with Gasteiger partial charge in [-0.1, -0.05) is 19.9 Å². The van der Waals surface area contributed by atoms with E-state index in [0.717, 1.165) is 0 Å². The van der Waals surface area contributed by atoms with Crippen molar-refractivity contribution in [2.24, 2.45) is 5.41 Å². The lowest BCUT2D eigenvalue weighted by Gasteiger charge is -2.28. The Balaban J connectivity index is 4.02. The normalized spacial score (nSPS) is 17.1. The summed E-state index contributed by atoms with van der Waals surface area (Å²) in [5.74, 6) is 0. The summed E-state index contributed by atoms with van der Waals surface area (Å²) in [6, 6.07) is 0. The SMILES string of the molecule is C=CC(C)(C)[C@@H](O)C[C@H](C)OC. The van der Waals surface area contributed by atoms with Crippen molar-refractivity contribution in [3.8, 4) is 0 Å². The van der Waals surface area contributed by atoms with E-state index < -0.39 is 0 Å². The van der Waals surface area contributed by atoms with Crippen LogP contribution >= 0.6 is 0 Å². The average molecular weight is 172 g/mol. The summed E-state index contributed by atoms with van der Waals surface area (Å²) in [5.41, 5.74) is -0.229. The Hall–Kier alpha value is -0.340. The highest BCUT2D eigenvalue weighted by Crippen LogP contribution is 2.25. The molecule has 72 valence electrons. The quantitative estimate of drug-likeness (QED) is 0.643. The first-order chi connectivity index (χ1) is 5.44. The van der Waals surface area contributed by atoms with Crippen molar-refractivity contribution in [1.29, 1.82) is 0 Å². The van der Waals surface area contributed by atoms with Crippen LogP contribution in [0, 0.1) is 5.41 Å². The molecule has 0 unspecified atom stereocenters. The third-order valence-corrected chi connectivity index (χ3v) is 2.34. The minimum Gasteiger partial charge on any atom is -0.392 e. The first-order valence-corrected chi connectivity index (χ1v) is 4.28. The van der Waals surface area contributed by atoms with Gasteiger partial charge in [-0.05, 0) is 6.92 Å². The summed E-state index contributed by atoms with van der Waals surface area (Å²) >= 11 is 0. The van der Waals surface area contributed by atoms with E-state index in [1.807, 2.05) is 20.8 Å². The van der Waals surface area contributed by atoms with Crippen LogP contribution in [0.25, 0.3) is 0 Å². The van der Waals surface area contributed by atoms with Crippen LogP contribution < -0.4 is 0 Å². The molecule has 0 bridgehead atoms. The van der Waals surface area contributed by atoms with Crippen molar-refractivity contribution in [3.05, 3.63) is 12.7 Å². The van der Waals surface area contributed by atoms with Gasteiger partial charge < -0.3 is 9.84 Å². The Bertz CT molecular complexity index is 141. The van der Waals surface area contributed by atoms with Crippen molar-refractivity contribution in [2.75, 3.05) is 7.11 Å². The molecule has 0 radical (unpaired) electrons. The molecule has 2 nitrogen and oxygen atoms in total. The van der Waals surface area contributed by atoms with Gasteiger partial charge in [-0.3, -0.25) is 0 Å². The minimum atomic E-state index is -0.384. The molecule has 0 spiro atoms. The van der Waals surface area contributed by atoms with Gasteiger partial charge >= 0.3 is 0 Å². The van der Waals surface area contributed by atoms with Crippen LogP contribution in [0.1, 0.15) is 27.2 Å². The molecule has 0 amide bonds. The maximum Gasteiger partial charge on any atom is 0.0650 e. The van der Waals surface area contributed by atoms with Gasteiger partial charge in [-0.25, -0.2) is 0 Å². The van der Waals surface area contributed by atoms with Crippen LogP contribution in [0.15, 0.2) is 12.7 Å². The second-order valence-electron chi connectivity index (χ2n) is 3.82. The van der Waals surface area contributed by atoms with E-state index in [1.54, 1.807) is 13.2 Å². The van der Waals surface area contributed by atoms with E-state index in [1.165, 1.54) is 0 Å². The van der Waals surface area contributed by atoms with Crippen molar-refractivity contribution < 1.29 is 9.84 Å². The van der Waals surface area contributed by atoms with Crippen LogP contribution in [0.2, 0.25) is 0 Å². The molecule has 0 fully saturated rings. The molecule has 0 saturated carbocycles. The summed E-state index contributed by atoms with van der Waals surface area (Å²) in [7, 11) is 1.65. The molecule has 0 aromatic carbocycles. The van der Waals surface area contributed by atoms with Crippen LogP contribution in [0.5, 0.6) is 0 Å². The van der Waals surface area contributed by atoms with Crippen molar-refractivity contribution in [2.45, 2.75) is 39.4 Å². The van der Waals surface area contributed by atoms with Crippen molar-refractivity contribution >= 4 is 0 Å². The number of aliphatic hydroxyl groups is 1. The molecule has 2 atom stereocenters. The fraction of sp³-hybridized carbons (Fsp3) is 0.800. The van der Waals surface area contributed by atoms with E-state index >= 15 is 0 Å². The summed E-state index contributed by atoms with van der Waals surface area (Å²) < 4.78 is 5.07. The van der Waals surface area contributed by atoms with E-state index in [9.17, 15) is 5.11 Å². The summed E-state index contributed by atoms with van der Waals surface area (Å²) in [5, 5.41) is 9.73. The minimum absolute atomic E-state index is 0.0965. The van der Waals surface area contributed by atoms with Gasteiger partial charge in [0.05, 0.1) is 12.2 Å². The summed E-state index contributed by atoms with van der Waals surface area (Å²) in [6.45, 7) is 9.56. The fourth-order valence-corrected chi connectivity index (χ4v) is 0.850. The third-order valence-electron chi connectivity index (χ3n) is 2.34. The molecule has 0 aromatic rings. The Kier molecular flexibility index (Phi) is 4.50. The Morgan fingerprint density at radius 2 is 2.08 bits per heavy atom. The first-order valence-electron chi connectivity index (χ1n) is 4.28. The van der Waals surface area contributed by atoms with E-state index in [4.69, 9.17) is 4.74 Å². The standard InChI is InChI=1S/C10H20O2/c1-6-10(3,4)9(11)7-8(2)12-5/h6,8-9,11H,1,7H2,2-5H3/t8-,9-/m0/s1. The highest BCUT2D eigenvalue weighted by Gasteiger charge is 2.25. The second-order valence-corrected chi connectivity index (χ2v) is 3.82. The molecule has 0 aliphatic rings. The number of ether oxygens (including phenoxy) is 1. The van der Waals surface area contributed by atoms with Crippen LogP contribution in [-0.4, -0.2) is 24.4 Å². The van der Waals surface area contributed by atoms with Crippen molar-refractivity contribution in [1.82, 2.24) is 0 Å². The number of hydrogen-bond acceptors (Lipinski definition) is 2. The lowest BCUT2D eigenvalue weighted by Crippen LogP contribution is -2.30. The van der Waals surface area contributed by atoms with Gasteiger partial charge in [-0.2, -0.15) is 0 Å². The van der Waals surface area contributed by atoms with Crippen LogP contribution in [-0.2, 0) is 4.74 Å². The zero-order valence-electron chi connectivity index (χ0n) is 8.50. The monoisotopic (exact) mass is 172 g/mol. The molecule has 0 saturated heterocycles. The van der Waals surface area contributed by atoms with Gasteiger partial charge in [0, 0.05) is 18.9 Å². The number of hydrogen-bond donors (Lipinski definition) is 1. The van der Waals surface area contributed by atoms with E-state index in [2.05, 4.69) is 6.58 Å². The summed E-state index contributed by atoms with van der Waals surface area (Å²) in [4.78, 5) is 0. The molecule has 12 heavy (non-hydrogen) atoms. The smallest absolute Gasteiger partial charge is 0.0650 e. The molecule has 0 rings (SSSR count). The highest BCUT2D eigenvalue weighted by molar-refractivity contribution is 4.93. The van der Waals surface area contributed by atoms with E-state index in [0.29, 0.717) is 6.42 Å². The van der Waals surface area contributed by atoms with Gasteiger partial charge in [-0.15, -0.1) is 6.58 Å². The van der Waals surface area contributed by atoms with Crippen LogP contribution in [0.3, 0.4) is 0 Å². The number of rotatable bonds is 5. The third kappa shape index (κ3) is 3.37. The Morgan fingerprint density at radius 3 is 2.42 bits per heavy atom. The molecule has 1 N–H and O–H groups in total. The van der Waals surface area contributed by atoms with Gasteiger partial charge in [0.15, 0.2) is 0 Å². The predicted octanol–water partition coefficient (Wildman–Crippen LogP) is 1.98. The van der Waals surface area contributed by atoms with E-state index in [-0.39, 0.29) is 17.6 Å². The molecule has 0 aliphatic carbocycles.